The highest BCUT2D eigenvalue weighted by Gasteiger charge is 2.28. The lowest BCUT2D eigenvalue weighted by molar-refractivity contribution is 0.0302. The van der Waals surface area contributed by atoms with Gasteiger partial charge in [-0.3, -0.25) is 9.59 Å². The minimum Gasteiger partial charge on any atom is -0.378 e. The molecule has 2 heterocycles. The number of carbonyl (C=O) groups is 2. The number of ether oxygens (including phenoxy) is 1. The van der Waals surface area contributed by atoms with Crippen molar-refractivity contribution in [3.63, 3.8) is 0 Å². The number of carbonyl (C=O) groups excluding carboxylic acids is 2. The third-order valence-corrected chi connectivity index (χ3v) is 6.34. The summed E-state index contributed by atoms with van der Waals surface area (Å²) in [5.74, 6) is -0.814. The average molecular weight is 448 g/mol. The van der Waals surface area contributed by atoms with Crippen molar-refractivity contribution in [1.29, 1.82) is 0 Å². The van der Waals surface area contributed by atoms with Gasteiger partial charge < -0.3 is 15.0 Å². The Hall–Kier alpha value is -3.52. The molecule has 170 valence electrons. The lowest BCUT2D eigenvalue weighted by Gasteiger charge is -2.27. The van der Waals surface area contributed by atoms with Gasteiger partial charge in [0.1, 0.15) is 11.5 Å². The van der Waals surface area contributed by atoms with Crippen molar-refractivity contribution in [3.05, 3.63) is 76.4 Å². The van der Waals surface area contributed by atoms with Crippen LogP contribution in [0.4, 0.5) is 10.1 Å². The zero-order valence-electron chi connectivity index (χ0n) is 18.4. The first kappa shape index (κ1) is 21.3. The van der Waals surface area contributed by atoms with Crippen molar-refractivity contribution in [2.24, 2.45) is 0 Å². The number of halogens is 1. The number of nitrogens with one attached hydrogen (secondary N) is 1. The molecule has 2 amide bonds. The Morgan fingerprint density at radius 1 is 1.06 bits per heavy atom. The molecule has 7 nitrogen and oxygen atoms in total. The molecule has 1 N–H and O–H groups in total. The van der Waals surface area contributed by atoms with Gasteiger partial charge in [0.25, 0.3) is 11.8 Å². The Balaban J connectivity index is 1.44. The minimum atomic E-state index is -0.383. The lowest BCUT2D eigenvalue weighted by Crippen LogP contribution is -2.41. The van der Waals surface area contributed by atoms with Crippen LogP contribution in [0.15, 0.2) is 42.5 Å². The molecular weight excluding hydrogens is 423 g/mol. The fraction of sp³-hybridized carbons (Fsp3) is 0.320. The first-order valence-corrected chi connectivity index (χ1v) is 11.2. The van der Waals surface area contributed by atoms with Gasteiger partial charge in [0.15, 0.2) is 5.69 Å². The van der Waals surface area contributed by atoms with Crippen molar-refractivity contribution < 1.29 is 18.7 Å². The molecule has 3 aromatic rings. The largest absolute Gasteiger partial charge is 0.378 e. The van der Waals surface area contributed by atoms with Gasteiger partial charge >= 0.3 is 0 Å². The molecule has 2 aromatic carbocycles. The van der Waals surface area contributed by atoms with E-state index in [0.29, 0.717) is 54.5 Å². The second-order valence-corrected chi connectivity index (χ2v) is 8.33. The molecule has 33 heavy (non-hydrogen) atoms. The quantitative estimate of drug-likeness (QED) is 0.663. The Kier molecular flexibility index (Phi) is 5.68. The summed E-state index contributed by atoms with van der Waals surface area (Å²) in [6.45, 7) is 3.97. The van der Waals surface area contributed by atoms with E-state index in [9.17, 15) is 14.0 Å². The van der Waals surface area contributed by atoms with Crippen LogP contribution in [-0.2, 0) is 17.6 Å². The first-order valence-electron chi connectivity index (χ1n) is 11.2. The predicted octanol–water partition coefficient (Wildman–Crippen LogP) is 3.53. The van der Waals surface area contributed by atoms with Gasteiger partial charge in [-0.05, 0) is 56.0 Å². The highest BCUT2D eigenvalue weighted by atomic mass is 19.1. The number of morpholine rings is 1. The molecule has 5 rings (SSSR count). The molecule has 1 aliphatic heterocycles. The maximum absolute atomic E-state index is 14.4. The summed E-state index contributed by atoms with van der Waals surface area (Å²) in [6.07, 6.45) is 2.36. The molecule has 1 fully saturated rings. The van der Waals surface area contributed by atoms with Gasteiger partial charge in [-0.25, -0.2) is 9.07 Å². The van der Waals surface area contributed by atoms with Crippen LogP contribution < -0.4 is 5.32 Å². The molecule has 0 radical (unpaired) electrons. The van der Waals surface area contributed by atoms with Crippen molar-refractivity contribution in [2.45, 2.75) is 26.2 Å². The van der Waals surface area contributed by atoms with Crippen LogP contribution in [-0.4, -0.2) is 52.8 Å². The maximum atomic E-state index is 14.4. The molecule has 1 saturated heterocycles. The molecule has 0 atom stereocenters. The van der Waals surface area contributed by atoms with Gasteiger partial charge in [0.05, 0.1) is 13.2 Å². The highest BCUT2D eigenvalue weighted by molar-refractivity contribution is 6.06. The van der Waals surface area contributed by atoms with Crippen LogP contribution in [0.2, 0.25) is 0 Å². The third-order valence-electron chi connectivity index (χ3n) is 6.34. The third kappa shape index (κ3) is 3.91. The van der Waals surface area contributed by atoms with Gasteiger partial charge in [-0.1, -0.05) is 18.2 Å². The van der Waals surface area contributed by atoms with E-state index in [1.54, 1.807) is 46.0 Å². The van der Waals surface area contributed by atoms with Gasteiger partial charge in [0, 0.05) is 35.6 Å². The second-order valence-electron chi connectivity index (χ2n) is 8.33. The van der Waals surface area contributed by atoms with Gasteiger partial charge in [-0.2, -0.15) is 5.10 Å². The monoisotopic (exact) mass is 448 g/mol. The zero-order chi connectivity index (χ0) is 22.9. The molecule has 0 spiro atoms. The molecule has 2 aliphatic rings. The molecule has 1 aromatic heterocycles. The first-order chi connectivity index (χ1) is 16.0. The Labute approximate surface area is 191 Å². The fourth-order valence-electron chi connectivity index (χ4n) is 4.56. The summed E-state index contributed by atoms with van der Waals surface area (Å²) < 4.78 is 21.3. The van der Waals surface area contributed by atoms with E-state index >= 15 is 0 Å². The average Bonchev–Trinajstić information content (AvgIpc) is 3.44. The standard InChI is InChI=1S/C25H25FN4O3/c1-16-17(25(32)29-12-14-33-15-13-29)6-4-9-20(16)27-24(31)23-18-7-5-11-21(18)30(28-23)22-10-3-2-8-19(22)26/h2-4,6,8-10H,5,7,11-15H2,1H3,(H,27,31). The van der Waals surface area contributed by atoms with E-state index in [-0.39, 0.29) is 17.6 Å². The van der Waals surface area contributed by atoms with Crippen LogP contribution in [0.1, 0.15) is 44.1 Å². The van der Waals surface area contributed by atoms with Crippen LogP contribution in [0.5, 0.6) is 0 Å². The summed E-state index contributed by atoms with van der Waals surface area (Å²) in [7, 11) is 0. The van der Waals surface area contributed by atoms with E-state index in [4.69, 9.17) is 4.74 Å². The summed E-state index contributed by atoms with van der Waals surface area (Å²) in [5.41, 5.74) is 4.18. The minimum absolute atomic E-state index is 0.0726. The maximum Gasteiger partial charge on any atom is 0.276 e. The van der Waals surface area contributed by atoms with Crippen molar-refractivity contribution in [3.8, 4) is 5.69 Å². The van der Waals surface area contributed by atoms with Gasteiger partial charge in [-0.15, -0.1) is 0 Å². The fourth-order valence-corrected chi connectivity index (χ4v) is 4.56. The molecule has 0 saturated carbocycles. The van der Waals surface area contributed by atoms with Gasteiger partial charge in [0.2, 0.25) is 0 Å². The second kappa shape index (κ2) is 8.78. The highest BCUT2D eigenvalue weighted by Crippen LogP contribution is 2.30. The summed E-state index contributed by atoms with van der Waals surface area (Å²) in [6, 6.07) is 11.7. The number of amides is 2. The zero-order valence-corrected chi connectivity index (χ0v) is 18.4. The number of rotatable bonds is 4. The topological polar surface area (TPSA) is 76.5 Å². The van der Waals surface area contributed by atoms with E-state index in [1.165, 1.54) is 6.07 Å². The Bertz CT molecular complexity index is 1230. The molecule has 8 heteroatoms. The number of anilines is 1. The van der Waals surface area contributed by atoms with E-state index < -0.39 is 0 Å². The Morgan fingerprint density at radius 2 is 1.85 bits per heavy atom. The predicted molar refractivity (Wildman–Crippen MR) is 121 cm³/mol. The van der Waals surface area contributed by atoms with E-state index in [2.05, 4.69) is 10.4 Å². The molecule has 0 unspecified atom stereocenters. The SMILES string of the molecule is Cc1c(NC(=O)c2nn(-c3ccccc3F)c3c2CCC3)cccc1C(=O)N1CCOCC1. The summed E-state index contributed by atoms with van der Waals surface area (Å²) in [4.78, 5) is 28.0. The Morgan fingerprint density at radius 3 is 2.64 bits per heavy atom. The number of nitrogens with zero attached hydrogens (tertiary/aromatic N) is 3. The number of benzene rings is 2. The van der Waals surface area contributed by atoms with E-state index in [1.807, 2.05) is 6.92 Å². The normalized spacial score (nSPS) is 15.4. The van der Waals surface area contributed by atoms with Crippen LogP contribution in [0.25, 0.3) is 5.69 Å². The lowest BCUT2D eigenvalue weighted by atomic mass is 10.0. The van der Waals surface area contributed by atoms with E-state index in [0.717, 1.165) is 30.5 Å². The van der Waals surface area contributed by atoms with Crippen molar-refractivity contribution in [1.82, 2.24) is 14.7 Å². The molecule has 0 bridgehead atoms. The summed E-state index contributed by atoms with van der Waals surface area (Å²) >= 11 is 0. The number of aromatic nitrogens is 2. The van der Waals surface area contributed by atoms with Crippen molar-refractivity contribution in [2.75, 3.05) is 31.6 Å². The van der Waals surface area contributed by atoms with Crippen LogP contribution in [0, 0.1) is 12.7 Å². The molecular formula is C25H25FN4O3. The molecule has 1 aliphatic carbocycles. The van der Waals surface area contributed by atoms with Crippen molar-refractivity contribution >= 4 is 17.5 Å². The van der Waals surface area contributed by atoms with Crippen LogP contribution >= 0.6 is 0 Å². The van der Waals surface area contributed by atoms with Crippen LogP contribution in [0.3, 0.4) is 0 Å². The smallest absolute Gasteiger partial charge is 0.276 e. The summed E-state index contributed by atoms with van der Waals surface area (Å²) in [5, 5.41) is 7.43. The number of fused-ring (bicyclic) bond motifs is 1. The number of hydrogen-bond acceptors (Lipinski definition) is 4. The number of hydrogen-bond donors (Lipinski definition) is 1. The number of para-hydroxylation sites is 1.